The van der Waals surface area contributed by atoms with Crippen molar-refractivity contribution in [2.24, 2.45) is 0 Å². The van der Waals surface area contributed by atoms with E-state index in [2.05, 4.69) is 10.6 Å². The van der Waals surface area contributed by atoms with E-state index in [1.54, 1.807) is 24.3 Å². The number of carbonyl (C=O) groups excluding carboxylic acids is 3. The lowest BCUT2D eigenvalue weighted by Crippen LogP contribution is -2.34. The van der Waals surface area contributed by atoms with E-state index in [0.717, 1.165) is 11.3 Å². The molecule has 0 saturated heterocycles. The maximum Gasteiger partial charge on any atom is 0.333 e. The molecular formula is C20H14ClN3O5S2. The van der Waals surface area contributed by atoms with Gasteiger partial charge in [0.15, 0.2) is 5.78 Å². The molecule has 31 heavy (non-hydrogen) atoms. The second-order valence-corrected chi connectivity index (χ2v) is 10.2. The number of hydrogen-bond acceptors (Lipinski definition) is 6. The van der Waals surface area contributed by atoms with E-state index in [1.165, 1.54) is 36.4 Å². The van der Waals surface area contributed by atoms with E-state index in [-0.39, 0.29) is 20.0 Å². The van der Waals surface area contributed by atoms with Crippen LogP contribution in [0.1, 0.15) is 21.8 Å². The highest BCUT2D eigenvalue weighted by molar-refractivity contribution is 7.92. The molecule has 8 nitrogen and oxygen atoms in total. The number of amides is 3. The number of para-hydroxylation sites is 1. The van der Waals surface area contributed by atoms with Gasteiger partial charge in [0.2, 0.25) is 5.91 Å². The number of hydrogen-bond donors (Lipinski definition) is 3. The van der Waals surface area contributed by atoms with Crippen LogP contribution < -0.4 is 15.4 Å². The Morgan fingerprint density at radius 3 is 2.39 bits per heavy atom. The molecule has 0 saturated carbocycles. The first-order valence-corrected chi connectivity index (χ1v) is 11.6. The quantitative estimate of drug-likeness (QED) is 0.495. The van der Waals surface area contributed by atoms with Crippen molar-refractivity contribution in [1.82, 2.24) is 4.72 Å². The molecule has 0 fully saturated rings. The highest BCUT2D eigenvalue weighted by atomic mass is 35.5. The Morgan fingerprint density at radius 2 is 1.71 bits per heavy atom. The molecule has 11 heteroatoms. The van der Waals surface area contributed by atoms with Gasteiger partial charge in [0.25, 0.3) is 10.0 Å². The van der Waals surface area contributed by atoms with Gasteiger partial charge in [-0.25, -0.2) is 17.9 Å². The van der Waals surface area contributed by atoms with Gasteiger partial charge in [-0.15, -0.1) is 11.3 Å². The maximum absolute atomic E-state index is 12.8. The molecule has 2 aromatic carbocycles. The number of thiophene rings is 1. The van der Waals surface area contributed by atoms with E-state index >= 15 is 0 Å². The first-order chi connectivity index (χ1) is 14.7. The molecule has 158 valence electrons. The third kappa shape index (κ3) is 4.31. The van der Waals surface area contributed by atoms with Gasteiger partial charge in [0.05, 0.1) is 10.0 Å². The zero-order chi connectivity index (χ0) is 22.2. The number of urea groups is 1. The fraction of sp³-hybridized carbons (Fsp3) is 0.0500. The van der Waals surface area contributed by atoms with Crippen LogP contribution in [0.5, 0.6) is 0 Å². The number of ketones is 1. The standard InChI is InChI=1S/C20H14ClN3O5S2/c21-15-9-10-16(30-15)31(28,29)24-20(27)22-12-7-5-11(6-8-12)17-18(25)13-3-1-2-4-14(13)23-19(17)26/h1-10,17H,(H,23,26)(H2,22,24,27). The zero-order valence-corrected chi connectivity index (χ0v) is 18.0. The molecule has 1 aromatic heterocycles. The van der Waals surface area contributed by atoms with Gasteiger partial charge < -0.3 is 10.6 Å². The van der Waals surface area contributed by atoms with Gasteiger partial charge in [-0.1, -0.05) is 35.9 Å². The zero-order valence-electron chi connectivity index (χ0n) is 15.6. The van der Waals surface area contributed by atoms with Gasteiger partial charge in [-0.3, -0.25) is 9.59 Å². The minimum atomic E-state index is -4.05. The molecule has 1 atom stereocenters. The predicted octanol–water partition coefficient (Wildman–Crippen LogP) is 3.83. The number of halogens is 1. The van der Waals surface area contributed by atoms with Gasteiger partial charge in [0.1, 0.15) is 10.1 Å². The maximum atomic E-state index is 12.8. The molecular weight excluding hydrogens is 462 g/mol. The average molecular weight is 476 g/mol. The Labute approximate surface area is 186 Å². The molecule has 3 N–H and O–H groups in total. The number of rotatable bonds is 4. The molecule has 0 bridgehead atoms. The van der Waals surface area contributed by atoms with Crippen LogP contribution in [0.25, 0.3) is 0 Å². The first kappa shape index (κ1) is 21.0. The molecule has 0 radical (unpaired) electrons. The van der Waals surface area contributed by atoms with Crippen molar-refractivity contribution in [2.75, 3.05) is 10.6 Å². The van der Waals surface area contributed by atoms with E-state index in [9.17, 15) is 22.8 Å². The summed E-state index contributed by atoms with van der Waals surface area (Å²) in [5.41, 5.74) is 1.62. The lowest BCUT2D eigenvalue weighted by atomic mass is 9.86. The van der Waals surface area contributed by atoms with Crippen LogP contribution in [0.4, 0.5) is 16.2 Å². The van der Waals surface area contributed by atoms with Crippen molar-refractivity contribution in [2.45, 2.75) is 10.1 Å². The van der Waals surface area contributed by atoms with Crippen molar-refractivity contribution in [3.63, 3.8) is 0 Å². The summed E-state index contributed by atoms with van der Waals surface area (Å²) in [5, 5.41) is 5.11. The summed E-state index contributed by atoms with van der Waals surface area (Å²) < 4.78 is 26.4. The Bertz CT molecular complexity index is 1300. The van der Waals surface area contributed by atoms with Crippen molar-refractivity contribution in [3.05, 3.63) is 76.1 Å². The van der Waals surface area contributed by atoms with Crippen LogP contribution in [0.3, 0.4) is 0 Å². The van der Waals surface area contributed by atoms with E-state index in [4.69, 9.17) is 11.6 Å². The minimum absolute atomic E-state index is 0.0925. The molecule has 0 spiro atoms. The second-order valence-electron chi connectivity index (χ2n) is 6.57. The fourth-order valence-electron chi connectivity index (χ4n) is 3.12. The van der Waals surface area contributed by atoms with Crippen LogP contribution in [0.2, 0.25) is 4.34 Å². The summed E-state index contributed by atoms with van der Waals surface area (Å²) in [5.74, 6) is -1.77. The summed E-state index contributed by atoms with van der Waals surface area (Å²) >= 11 is 6.55. The van der Waals surface area contributed by atoms with Crippen LogP contribution in [0.15, 0.2) is 64.9 Å². The summed E-state index contributed by atoms with van der Waals surface area (Å²) in [6.45, 7) is 0. The number of fused-ring (bicyclic) bond motifs is 1. The van der Waals surface area contributed by atoms with E-state index in [0.29, 0.717) is 16.8 Å². The molecule has 1 unspecified atom stereocenters. The smallest absolute Gasteiger partial charge is 0.324 e. The Balaban J connectivity index is 1.47. The summed E-state index contributed by atoms with van der Waals surface area (Å²) in [6.07, 6.45) is 0. The van der Waals surface area contributed by atoms with Crippen molar-refractivity contribution in [3.8, 4) is 0 Å². The van der Waals surface area contributed by atoms with Gasteiger partial charge in [0, 0.05) is 11.3 Å². The topological polar surface area (TPSA) is 121 Å². The number of benzene rings is 2. The van der Waals surface area contributed by atoms with E-state index < -0.39 is 27.9 Å². The minimum Gasteiger partial charge on any atom is -0.324 e. The van der Waals surface area contributed by atoms with Crippen LogP contribution in [0, 0.1) is 0 Å². The SMILES string of the molecule is O=C(Nc1ccc(C2C(=O)Nc3ccccc3C2=O)cc1)NS(=O)(=O)c1ccc(Cl)s1. The van der Waals surface area contributed by atoms with Crippen LogP contribution >= 0.6 is 22.9 Å². The molecule has 4 rings (SSSR count). The largest absolute Gasteiger partial charge is 0.333 e. The Kier molecular flexibility index (Phi) is 5.52. The fourth-order valence-corrected chi connectivity index (χ4v) is 5.51. The molecule has 0 aliphatic carbocycles. The van der Waals surface area contributed by atoms with Crippen molar-refractivity contribution >= 4 is 62.1 Å². The third-order valence-electron chi connectivity index (χ3n) is 4.52. The predicted molar refractivity (Wildman–Crippen MR) is 117 cm³/mol. The molecule has 1 aliphatic rings. The lowest BCUT2D eigenvalue weighted by molar-refractivity contribution is -0.116. The number of sulfonamides is 1. The number of carbonyl (C=O) groups is 3. The van der Waals surface area contributed by atoms with Crippen molar-refractivity contribution < 1.29 is 22.8 Å². The van der Waals surface area contributed by atoms with E-state index in [1.807, 2.05) is 4.72 Å². The van der Waals surface area contributed by atoms with Crippen LogP contribution in [-0.2, 0) is 14.8 Å². The average Bonchev–Trinajstić information content (AvgIpc) is 3.16. The molecule has 1 aliphatic heterocycles. The molecule has 3 amide bonds. The summed E-state index contributed by atoms with van der Waals surface area (Å²) in [4.78, 5) is 37.3. The third-order valence-corrected chi connectivity index (χ3v) is 7.57. The van der Waals surface area contributed by atoms with Gasteiger partial charge >= 0.3 is 6.03 Å². The highest BCUT2D eigenvalue weighted by Crippen LogP contribution is 2.32. The summed E-state index contributed by atoms with van der Waals surface area (Å²) in [7, 11) is -4.05. The van der Waals surface area contributed by atoms with Crippen molar-refractivity contribution in [1.29, 1.82) is 0 Å². The lowest BCUT2D eigenvalue weighted by Gasteiger charge is -2.23. The van der Waals surface area contributed by atoms with Gasteiger partial charge in [-0.05, 0) is 42.0 Å². The number of nitrogens with one attached hydrogen (secondary N) is 3. The highest BCUT2D eigenvalue weighted by Gasteiger charge is 2.35. The normalized spacial score (nSPS) is 15.7. The number of anilines is 2. The Hall–Kier alpha value is -3.21. The number of Topliss-reactive ketones (excluding diaryl/α,β-unsaturated/α-hetero) is 1. The second kappa shape index (κ2) is 8.14. The first-order valence-electron chi connectivity index (χ1n) is 8.88. The van der Waals surface area contributed by atoms with Gasteiger partial charge in [-0.2, -0.15) is 0 Å². The Morgan fingerprint density at radius 1 is 1.00 bits per heavy atom. The monoisotopic (exact) mass is 475 g/mol. The molecule has 3 aromatic rings. The summed E-state index contributed by atoms with van der Waals surface area (Å²) in [6, 6.07) is 14.5. The molecule has 2 heterocycles. The van der Waals surface area contributed by atoms with Crippen LogP contribution in [-0.4, -0.2) is 26.1 Å².